The van der Waals surface area contributed by atoms with E-state index in [1.807, 2.05) is 0 Å². The molecule has 6 nitrogen and oxygen atoms in total. The van der Waals surface area contributed by atoms with Gasteiger partial charge in [-0.15, -0.1) is 0 Å². The summed E-state index contributed by atoms with van der Waals surface area (Å²) in [6.45, 7) is 1.57. The fourth-order valence-electron chi connectivity index (χ4n) is 0.747. The minimum Gasteiger partial charge on any atom is -0.392 e. The number of thiocarbonyl (C=S) groups is 1. The first-order chi connectivity index (χ1) is 6.43. The molecule has 0 aliphatic heterocycles. The predicted molar refractivity (Wildman–Crippen MR) is 55.2 cm³/mol. The summed E-state index contributed by atoms with van der Waals surface area (Å²) in [4.78, 5) is 0.0908. The van der Waals surface area contributed by atoms with Crippen molar-refractivity contribution >= 4 is 27.2 Å². The quantitative estimate of drug-likeness (QED) is 0.602. The lowest BCUT2D eigenvalue weighted by Crippen LogP contribution is -2.41. The number of aromatic nitrogens is 2. The van der Waals surface area contributed by atoms with E-state index in [4.69, 9.17) is 5.73 Å². The van der Waals surface area contributed by atoms with Gasteiger partial charge in [-0.2, -0.15) is 5.10 Å². The maximum absolute atomic E-state index is 11.5. The van der Waals surface area contributed by atoms with Crippen molar-refractivity contribution in [3.8, 4) is 0 Å². The number of hydrogen-bond donors (Lipinski definition) is 3. The molecule has 1 unspecified atom stereocenters. The maximum atomic E-state index is 11.5. The van der Waals surface area contributed by atoms with Crippen LogP contribution in [0.15, 0.2) is 17.3 Å². The van der Waals surface area contributed by atoms with Gasteiger partial charge in [-0.1, -0.05) is 12.2 Å². The summed E-state index contributed by atoms with van der Waals surface area (Å²) in [6.07, 6.45) is 1.35. The van der Waals surface area contributed by atoms with E-state index in [0.29, 0.717) is 0 Å². The molecule has 78 valence electrons. The predicted octanol–water partition coefficient (Wildman–Crippen LogP) is -0.637. The van der Waals surface area contributed by atoms with Crippen molar-refractivity contribution < 1.29 is 8.42 Å². The summed E-state index contributed by atoms with van der Waals surface area (Å²) >= 11 is 4.64. The minimum atomic E-state index is -3.60. The molecule has 0 aromatic carbocycles. The number of hydrogen-bond acceptors (Lipinski definition) is 4. The Morgan fingerprint density at radius 2 is 2.43 bits per heavy atom. The van der Waals surface area contributed by atoms with E-state index < -0.39 is 16.1 Å². The van der Waals surface area contributed by atoms with Crippen LogP contribution >= 0.6 is 12.2 Å². The first-order valence-corrected chi connectivity index (χ1v) is 5.63. The Balaban J connectivity index is 2.84. The van der Waals surface area contributed by atoms with Gasteiger partial charge in [-0.3, -0.25) is 5.10 Å². The van der Waals surface area contributed by atoms with Gasteiger partial charge in [0.2, 0.25) is 0 Å². The second-order valence-electron chi connectivity index (χ2n) is 2.67. The molecule has 4 N–H and O–H groups in total. The third-order valence-electron chi connectivity index (χ3n) is 1.52. The van der Waals surface area contributed by atoms with Crippen LogP contribution in [-0.4, -0.2) is 29.6 Å². The molecular weight excluding hydrogens is 224 g/mol. The number of nitrogens with zero attached hydrogens (tertiary/aromatic N) is 1. The highest BCUT2D eigenvalue weighted by Gasteiger charge is 2.19. The van der Waals surface area contributed by atoms with Gasteiger partial charge in [0.15, 0.2) is 5.03 Å². The van der Waals surface area contributed by atoms with Gasteiger partial charge in [0.05, 0.1) is 17.2 Å². The molecular formula is C6H10N4O2S2. The number of aromatic amines is 1. The van der Waals surface area contributed by atoms with Crippen LogP contribution in [0.3, 0.4) is 0 Å². The Bertz CT molecular complexity index is 411. The highest BCUT2D eigenvalue weighted by molar-refractivity contribution is 7.89. The fraction of sp³-hybridized carbons (Fsp3) is 0.333. The summed E-state index contributed by atoms with van der Waals surface area (Å²) in [5.74, 6) is 0. The van der Waals surface area contributed by atoms with Crippen LogP contribution in [-0.2, 0) is 10.0 Å². The molecule has 0 aliphatic carbocycles. The lowest BCUT2D eigenvalue weighted by atomic mass is 10.4. The lowest BCUT2D eigenvalue weighted by molar-refractivity contribution is 0.574. The normalized spacial score (nSPS) is 13.8. The summed E-state index contributed by atoms with van der Waals surface area (Å²) in [5.41, 5.74) is 5.28. The van der Waals surface area contributed by atoms with Gasteiger partial charge in [-0.25, -0.2) is 13.1 Å². The van der Waals surface area contributed by atoms with Gasteiger partial charge < -0.3 is 5.73 Å². The molecule has 0 spiro atoms. The minimum absolute atomic E-state index is 0.0133. The molecule has 1 rings (SSSR count). The lowest BCUT2D eigenvalue weighted by Gasteiger charge is -2.10. The topological polar surface area (TPSA) is 101 Å². The number of nitrogens with two attached hydrogens (primary N) is 1. The van der Waals surface area contributed by atoms with Crippen molar-refractivity contribution in [2.45, 2.75) is 18.0 Å². The van der Waals surface area contributed by atoms with E-state index >= 15 is 0 Å². The standard InChI is InChI=1S/C6H10N4O2S2/c1-4(6(7)13)10-14(11,12)5-2-3-8-9-5/h2-4,10H,1H3,(H2,7,13)(H,8,9). The highest BCUT2D eigenvalue weighted by atomic mass is 32.2. The first-order valence-electron chi connectivity index (χ1n) is 3.74. The zero-order valence-electron chi connectivity index (χ0n) is 7.39. The number of sulfonamides is 1. The van der Waals surface area contributed by atoms with Crippen molar-refractivity contribution in [1.82, 2.24) is 14.9 Å². The first kappa shape index (κ1) is 11.1. The van der Waals surface area contributed by atoms with E-state index in [9.17, 15) is 8.42 Å². The Morgan fingerprint density at radius 3 is 2.86 bits per heavy atom. The summed E-state index contributed by atoms with van der Waals surface area (Å²) in [5, 5.41) is 5.86. The molecule has 0 bridgehead atoms. The third-order valence-corrected chi connectivity index (χ3v) is 3.35. The molecule has 1 aromatic heterocycles. The Kier molecular flexibility index (Phi) is 3.19. The molecule has 0 aliphatic rings. The molecule has 0 saturated carbocycles. The van der Waals surface area contributed by atoms with Gasteiger partial charge in [0.25, 0.3) is 10.0 Å². The van der Waals surface area contributed by atoms with Gasteiger partial charge in [0.1, 0.15) is 0 Å². The van der Waals surface area contributed by atoms with Crippen LogP contribution in [0.4, 0.5) is 0 Å². The Labute approximate surface area is 86.9 Å². The summed E-state index contributed by atoms with van der Waals surface area (Å²) < 4.78 is 25.3. The zero-order valence-corrected chi connectivity index (χ0v) is 9.02. The Hall–Kier alpha value is -0.990. The third kappa shape index (κ3) is 2.50. The van der Waals surface area contributed by atoms with Crippen molar-refractivity contribution in [3.63, 3.8) is 0 Å². The van der Waals surface area contributed by atoms with Crippen LogP contribution in [0.1, 0.15) is 6.92 Å². The maximum Gasteiger partial charge on any atom is 0.258 e. The monoisotopic (exact) mass is 234 g/mol. The molecule has 14 heavy (non-hydrogen) atoms. The van der Waals surface area contributed by atoms with Crippen LogP contribution in [0.25, 0.3) is 0 Å². The van der Waals surface area contributed by atoms with E-state index in [-0.39, 0.29) is 10.0 Å². The van der Waals surface area contributed by atoms with Gasteiger partial charge >= 0.3 is 0 Å². The highest BCUT2D eigenvalue weighted by Crippen LogP contribution is 2.03. The van der Waals surface area contributed by atoms with Crippen LogP contribution < -0.4 is 10.5 Å². The molecule has 8 heteroatoms. The second-order valence-corrected chi connectivity index (χ2v) is 4.82. The van der Waals surface area contributed by atoms with E-state index in [1.165, 1.54) is 12.3 Å². The average Bonchev–Trinajstić information content (AvgIpc) is 2.54. The average molecular weight is 234 g/mol. The fourth-order valence-corrected chi connectivity index (χ4v) is 2.01. The largest absolute Gasteiger partial charge is 0.392 e. The van der Waals surface area contributed by atoms with Crippen LogP contribution in [0.5, 0.6) is 0 Å². The smallest absolute Gasteiger partial charge is 0.258 e. The van der Waals surface area contributed by atoms with Gasteiger partial charge in [0, 0.05) is 0 Å². The van der Waals surface area contributed by atoms with Crippen molar-refractivity contribution in [2.24, 2.45) is 5.73 Å². The van der Waals surface area contributed by atoms with E-state index in [2.05, 4.69) is 27.1 Å². The van der Waals surface area contributed by atoms with E-state index in [1.54, 1.807) is 6.92 Å². The molecule has 1 aromatic rings. The Morgan fingerprint density at radius 1 is 1.79 bits per heavy atom. The van der Waals surface area contributed by atoms with Gasteiger partial charge in [-0.05, 0) is 13.0 Å². The molecule has 0 saturated heterocycles. The number of H-pyrrole nitrogens is 1. The molecule has 1 atom stereocenters. The van der Waals surface area contributed by atoms with Crippen LogP contribution in [0.2, 0.25) is 0 Å². The SMILES string of the molecule is CC(NS(=O)(=O)c1ccn[nH]1)C(N)=S. The molecule has 0 radical (unpaired) electrons. The summed E-state index contributed by atoms with van der Waals surface area (Å²) in [6, 6.07) is 0.757. The molecule has 0 fully saturated rings. The number of rotatable bonds is 4. The molecule has 0 amide bonds. The zero-order chi connectivity index (χ0) is 10.8. The molecule has 1 heterocycles. The van der Waals surface area contributed by atoms with Crippen LogP contribution in [0, 0.1) is 0 Å². The van der Waals surface area contributed by atoms with Crippen molar-refractivity contribution in [1.29, 1.82) is 0 Å². The second kappa shape index (κ2) is 4.03. The van der Waals surface area contributed by atoms with E-state index in [0.717, 1.165) is 0 Å². The van der Waals surface area contributed by atoms with Crippen molar-refractivity contribution in [3.05, 3.63) is 12.3 Å². The summed E-state index contributed by atoms with van der Waals surface area (Å²) in [7, 11) is -3.60. The van der Waals surface area contributed by atoms with Crippen molar-refractivity contribution in [2.75, 3.05) is 0 Å². The number of nitrogens with one attached hydrogen (secondary N) is 2.